The van der Waals surface area contributed by atoms with Crippen LogP contribution < -0.4 is 9.64 Å². The van der Waals surface area contributed by atoms with E-state index in [2.05, 4.69) is 4.98 Å². The molecular weight excluding hydrogens is 332 g/mol. The van der Waals surface area contributed by atoms with Crippen LogP contribution in [0, 0.1) is 0 Å². The van der Waals surface area contributed by atoms with Crippen LogP contribution in [0.25, 0.3) is 10.2 Å². The molecule has 4 nitrogen and oxygen atoms in total. The molecule has 1 fully saturated rings. The zero-order valence-electron chi connectivity index (χ0n) is 12.2. The third-order valence-electron chi connectivity index (χ3n) is 3.76. The summed E-state index contributed by atoms with van der Waals surface area (Å²) in [6.07, 6.45) is 1.55. The standard InChI is InChI=1S/C17H13ClN2O2S/c18-11-3-8-14-15(10-11)23-17(19-14)22-13-6-4-12(5-7-13)20-9-1-2-16(20)21/h3-8,10H,1-2,9H2. The number of amides is 1. The maximum atomic E-state index is 11.8. The molecule has 116 valence electrons. The van der Waals surface area contributed by atoms with Crippen molar-refractivity contribution in [2.75, 3.05) is 11.4 Å². The maximum Gasteiger partial charge on any atom is 0.279 e. The van der Waals surface area contributed by atoms with Gasteiger partial charge in [0.2, 0.25) is 5.91 Å². The van der Waals surface area contributed by atoms with Crippen molar-refractivity contribution in [3.8, 4) is 10.9 Å². The van der Waals surface area contributed by atoms with Crippen molar-refractivity contribution in [3.63, 3.8) is 0 Å². The van der Waals surface area contributed by atoms with Gasteiger partial charge in [-0.15, -0.1) is 0 Å². The van der Waals surface area contributed by atoms with E-state index >= 15 is 0 Å². The molecule has 1 aliphatic rings. The van der Waals surface area contributed by atoms with Gasteiger partial charge in [-0.1, -0.05) is 22.9 Å². The summed E-state index contributed by atoms with van der Waals surface area (Å²) >= 11 is 7.44. The second-order valence-electron chi connectivity index (χ2n) is 5.34. The summed E-state index contributed by atoms with van der Waals surface area (Å²) in [5, 5.41) is 1.26. The van der Waals surface area contributed by atoms with E-state index in [-0.39, 0.29) is 5.91 Å². The number of aromatic nitrogens is 1. The number of anilines is 1. The molecule has 1 saturated heterocycles. The molecule has 1 aromatic heterocycles. The predicted octanol–water partition coefficient (Wildman–Crippen LogP) is 4.87. The molecule has 23 heavy (non-hydrogen) atoms. The van der Waals surface area contributed by atoms with Gasteiger partial charge < -0.3 is 9.64 Å². The lowest BCUT2D eigenvalue weighted by molar-refractivity contribution is -0.117. The van der Waals surface area contributed by atoms with E-state index in [9.17, 15) is 4.79 Å². The minimum Gasteiger partial charge on any atom is -0.431 e. The van der Waals surface area contributed by atoms with Crippen LogP contribution in [0.5, 0.6) is 10.9 Å². The van der Waals surface area contributed by atoms with E-state index in [1.54, 1.807) is 0 Å². The van der Waals surface area contributed by atoms with Crippen molar-refractivity contribution in [1.82, 2.24) is 4.98 Å². The van der Waals surface area contributed by atoms with Crippen molar-refractivity contribution >= 4 is 44.7 Å². The molecule has 4 rings (SSSR count). The Kier molecular flexibility index (Phi) is 3.67. The number of nitrogens with zero attached hydrogens (tertiary/aromatic N) is 2. The van der Waals surface area contributed by atoms with Gasteiger partial charge in [-0.2, -0.15) is 0 Å². The number of thiazole rings is 1. The molecule has 0 N–H and O–H groups in total. The Bertz CT molecular complexity index is 876. The van der Waals surface area contributed by atoms with Gasteiger partial charge in [0.05, 0.1) is 10.2 Å². The minimum atomic E-state index is 0.182. The van der Waals surface area contributed by atoms with E-state index in [4.69, 9.17) is 16.3 Å². The van der Waals surface area contributed by atoms with E-state index in [0.717, 1.165) is 28.9 Å². The number of rotatable bonds is 3. The lowest BCUT2D eigenvalue weighted by Crippen LogP contribution is -2.23. The highest BCUT2D eigenvalue weighted by Crippen LogP contribution is 2.33. The summed E-state index contributed by atoms with van der Waals surface area (Å²) in [7, 11) is 0. The summed E-state index contributed by atoms with van der Waals surface area (Å²) in [6, 6.07) is 13.1. The van der Waals surface area contributed by atoms with Crippen molar-refractivity contribution in [1.29, 1.82) is 0 Å². The number of carbonyl (C=O) groups excluding carboxylic acids is 1. The fourth-order valence-corrected chi connectivity index (χ4v) is 3.75. The third-order valence-corrected chi connectivity index (χ3v) is 4.89. The molecule has 0 saturated carbocycles. The fourth-order valence-electron chi connectivity index (χ4n) is 2.64. The minimum absolute atomic E-state index is 0.182. The monoisotopic (exact) mass is 344 g/mol. The van der Waals surface area contributed by atoms with Gasteiger partial charge in [0, 0.05) is 23.7 Å². The van der Waals surface area contributed by atoms with Crippen LogP contribution in [-0.2, 0) is 4.79 Å². The summed E-state index contributed by atoms with van der Waals surface area (Å²) in [4.78, 5) is 18.0. The Morgan fingerprint density at radius 1 is 1.17 bits per heavy atom. The lowest BCUT2D eigenvalue weighted by atomic mass is 10.3. The molecule has 3 aromatic rings. The number of hydrogen-bond acceptors (Lipinski definition) is 4. The Labute approximate surface area is 142 Å². The lowest BCUT2D eigenvalue weighted by Gasteiger charge is -2.15. The summed E-state index contributed by atoms with van der Waals surface area (Å²) in [5.74, 6) is 0.882. The Balaban J connectivity index is 1.54. The molecule has 1 aliphatic heterocycles. The van der Waals surface area contributed by atoms with Crippen LogP contribution >= 0.6 is 22.9 Å². The molecule has 0 aliphatic carbocycles. The number of hydrogen-bond donors (Lipinski definition) is 0. The quantitative estimate of drug-likeness (QED) is 0.680. The molecule has 2 heterocycles. The first-order valence-electron chi connectivity index (χ1n) is 7.33. The molecule has 0 atom stereocenters. The molecule has 1 amide bonds. The van der Waals surface area contributed by atoms with Crippen LogP contribution in [0.15, 0.2) is 42.5 Å². The van der Waals surface area contributed by atoms with E-state index in [1.807, 2.05) is 47.4 Å². The van der Waals surface area contributed by atoms with Crippen LogP contribution in [0.4, 0.5) is 5.69 Å². The average Bonchev–Trinajstić information content (AvgIpc) is 3.13. The molecule has 2 aromatic carbocycles. The number of halogens is 1. The van der Waals surface area contributed by atoms with Crippen molar-refractivity contribution in [2.45, 2.75) is 12.8 Å². The first kappa shape index (κ1) is 14.5. The summed E-state index contributed by atoms with van der Waals surface area (Å²) in [5.41, 5.74) is 1.78. The molecule has 6 heteroatoms. The highest BCUT2D eigenvalue weighted by molar-refractivity contribution is 7.20. The Morgan fingerprint density at radius 2 is 2.00 bits per heavy atom. The SMILES string of the molecule is O=C1CCCN1c1ccc(Oc2nc3ccc(Cl)cc3s2)cc1. The average molecular weight is 345 g/mol. The Hall–Kier alpha value is -2.11. The zero-order chi connectivity index (χ0) is 15.8. The first-order chi connectivity index (χ1) is 11.2. The van der Waals surface area contributed by atoms with Crippen molar-refractivity contribution in [3.05, 3.63) is 47.5 Å². The second-order valence-corrected chi connectivity index (χ2v) is 6.77. The molecule has 0 unspecified atom stereocenters. The van der Waals surface area contributed by atoms with Gasteiger partial charge in [-0.3, -0.25) is 4.79 Å². The fraction of sp³-hybridized carbons (Fsp3) is 0.176. The van der Waals surface area contributed by atoms with Crippen LogP contribution in [0.3, 0.4) is 0 Å². The Morgan fingerprint density at radius 3 is 2.74 bits per heavy atom. The third kappa shape index (κ3) is 2.90. The van der Waals surface area contributed by atoms with Crippen LogP contribution in [0.2, 0.25) is 5.02 Å². The maximum absolute atomic E-state index is 11.8. The smallest absolute Gasteiger partial charge is 0.279 e. The van der Waals surface area contributed by atoms with Gasteiger partial charge in [0.15, 0.2) is 0 Å². The van der Waals surface area contributed by atoms with E-state index in [0.29, 0.717) is 22.4 Å². The van der Waals surface area contributed by atoms with E-state index < -0.39 is 0 Å². The topological polar surface area (TPSA) is 42.4 Å². The highest BCUT2D eigenvalue weighted by atomic mass is 35.5. The number of carbonyl (C=O) groups is 1. The normalized spacial score (nSPS) is 14.7. The van der Waals surface area contributed by atoms with Crippen molar-refractivity contribution in [2.24, 2.45) is 0 Å². The summed E-state index contributed by atoms with van der Waals surface area (Å²) < 4.78 is 6.80. The van der Waals surface area contributed by atoms with Crippen molar-refractivity contribution < 1.29 is 9.53 Å². The molecule has 0 radical (unpaired) electrons. The van der Waals surface area contributed by atoms with Crippen LogP contribution in [-0.4, -0.2) is 17.4 Å². The first-order valence-corrected chi connectivity index (χ1v) is 8.53. The molecular formula is C17H13ClN2O2S. The number of fused-ring (bicyclic) bond motifs is 1. The second kappa shape index (κ2) is 5.83. The number of benzene rings is 2. The van der Waals surface area contributed by atoms with Gasteiger partial charge >= 0.3 is 0 Å². The number of ether oxygens (including phenoxy) is 1. The highest BCUT2D eigenvalue weighted by Gasteiger charge is 2.21. The molecule has 0 spiro atoms. The van der Waals surface area contributed by atoms with E-state index in [1.165, 1.54) is 11.3 Å². The van der Waals surface area contributed by atoms with Crippen LogP contribution in [0.1, 0.15) is 12.8 Å². The van der Waals surface area contributed by atoms with Gasteiger partial charge in [-0.25, -0.2) is 4.98 Å². The predicted molar refractivity (Wildman–Crippen MR) is 92.7 cm³/mol. The molecule has 0 bridgehead atoms. The van der Waals surface area contributed by atoms with Gasteiger partial charge in [0.1, 0.15) is 5.75 Å². The largest absolute Gasteiger partial charge is 0.431 e. The zero-order valence-corrected chi connectivity index (χ0v) is 13.7. The summed E-state index contributed by atoms with van der Waals surface area (Å²) in [6.45, 7) is 0.789. The van der Waals surface area contributed by atoms with Gasteiger partial charge in [-0.05, 0) is 48.9 Å². The van der Waals surface area contributed by atoms with Gasteiger partial charge in [0.25, 0.3) is 5.19 Å².